The normalized spacial score (nSPS) is 17.8. The Morgan fingerprint density at radius 2 is 2.00 bits per heavy atom. The molecule has 0 unspecified atom stereocenters. The number of aryl methyl sites for hydroxylation is 1. The highest BCUT2D eigenvalue weighted by molar-refractivity contribution is 5.53. The van der Waals surface area contributed by atoms with Gasteiger partial charge in [-0.2, -0.15) is 13.2 Å². The first-order chi connectivity index (χ1) is 8.91. The average molecular weight is 274 g/mol. The van der Waals surface area contributed by atoms with Crippen LogP contribution in [0.25, 0.3) is 0 Å². The second kappa shape index (κ2) is 5.36. The Balaban J connectivity index is 2.11. The van der Waals surface area contributed by atoms with Gasteiger partial charge in [0.15, 0.2) is 0 Å². The van der Waals surface area contributed by atoms with Crippen LogP contribution in [0, 0.1) is 12.8 Å². The van der Waals surface area contributed by atoms with E-state index in [0.717, 1.165) is 11.4 Å². The third kappa shape index (κ3) is 3.18. The van der Waals surface area contributed by atoms with Gasteiger partial charge >= 0.3 is 6.18 Å². The quantitative estimate of drug-likeness (QED) is 0.900. The zero-order valence-electron chi connectivity index (χ0n) is 10.7. The number of hydrogen-bond acceptors (Lipinski definition) is 3. The summed E-state index contributed by atoms with van der Waals surface area (Å²) in [4.78, 5) is 6.00. The van der Waals surface area contributed by atoms with E-state index in [1.165, 1.54) is 0 Å². The highest BCUT2D eigenvalue weighted by Gasteiger charge is 2.41. The molecule has 106 valence electrons. The van der Waals surface area contributed by atoms with Crippen LogP contribution in [0.15, 0.2) is 12.3 Å². The third-order valence-electron chi connectivity index (χ3n) is 3.57. The van der Waals surface area contributed by atoms with Crippen molar-refractivity contribution in [2.24, 2.45) is 5.92 Å². The van der Waals surface area contributed by atoms with Crippen LogP contribution in [0.1, 0.15) is 24.1 Å². The second-order valence-electron chi connectivity index (χ2n) is 4.92. The lowest BCUT2D eigenvalue weighted by Gasteiger charge is -2.35. The summed E-state index contributed by atoms with van der Waals surface area (Å²) in [6.45, 7) is 2.40. The molecule has 0 amide bonds. The van der Waals surface area contributed by atoms with E-state index < -0.39 is 12.1 Å². The molecule has 1 aromatic rings. The molecule has 0 atom stereocenters. The van der Waals surface area contributed by atoms with E-state index in [9.17, 15) is 18.3 Å². The van der Waals surface area contributed by atoms with E-state index in [4.69, 9.17) is 0 Å². The van der Waals surface area contributed by atoms with Gasteiger partial charge in [0.25, 0.3) is 0 Å². The summed E-state index contributed by atoms with van der Waals surface area (Å²) < 4.78 is 37.8. The van der Waals surface area contributed by atoms with E-state index in [1.807, 2.05) is 17.9 Å². The molecule has 0 saturated carbocycles. The number of pyridine rings is 1. The fourth-order valence-corrected chi connectivity index (χ4v) is 2.44. The first-order valence-electron chi connectivity index (χ1n) is 6.30. The number of alkyl halides is 3. The Hall–Kier alpha value is -1.30. The zero-order valence-corrected chi connectivity index (χ0v) is 10.7. The second-order valence-corrected chi connectivity index (χ2v) is 4.92. The van der Waals surface area contributed by atoms with E-state index >= 15 is 0 Å². The SMILES string of the molecule is Cc1cc(N2CCC(C(F)(F)F)CC2)c(CO)cn1. The molecule has 1 saturated heterocycles. The first-order valence-corrected chi connectivity index (χ1v) is 6.30. The van der Waals surface area contributed by atoms with Crippen molar-refractivity contribution in [2.45, 2.75) is 32.5 Å². The lowest BCUT2D eigenvalue weighted by Crippen LogP contribution is -2.39. The summed E-state index contributed by atoms with van der Waals surface area (Å²) in [7, 11) is 0. The largest absolute Gasteiger partial charge is 0.392 e. The van der Waals surface area contributed by atoms with Gasteiger partial charge < -0.3 is 10.0 Å². The van der Waals surface area contributed by atoms with Crippen LogP contribution in [0.4, 0.5) is 18.9 Å². The van der Waals surface area contributed by atoms with E-state index in [2.05, 4.69) is 4.98 Å². The van der Waals surface area contributed by atoms with Gasteiger partial charge in [0, 0.05) is 36.2 Å². The minimum Gasteiger partial charge on any atom is -0.392 e. The molecule has 2 heterocycles. The van der Waals surface area contributed by atoms with Crippen LogP contribution in [0.3, 0.4) is 0 Å². The highest BCUT2D eigenvalue weighted by Crippen LogP contribution is 2.36. The number of aromatic nitrogens is 1. The summed E-state index contributed by atoms with van der Waals surface area (Å²) in [6, 6.07) is 1.82. The molecule has 2 rings (SSSR count). The fourth-order valence-electron chi connectivity index (χ4n) is 2.44. The number of rotatable bonds is 2. The predicted octanol–water partition coefficient (Wildman–Crippen LogP) is 2.66. The molecule has 1 fully saturated rings. The molecule has 0 bridgehead atoms. The van der Waals surface area contributed by atoms with Gasteiger partial charge in [0.1, 0.15) is 0 Å². The number of anilines is 1. The van der Waals surface area contributed by atoms with Crippen molar-refractivity contribution in [2.75, 3.05) is 18.0 Å². The molecular formula is C13H17F3N2O. The molecule has 1 N–H and O–H groups in total. The maximum atomic E-state index is 12.6. The molecular weight excluding hydrogens is 257 g/mol. The predicted molar refractivity (Wildman–Crippen MR) is 65.9 cm³/mol. The summed E-state index contributed by atoms with van der Waals surface area (Å²) in [6.07, 6.45) is -2.30. The fraction of sp³-hybridized carbons (Fsp3) is 0.615. The monoisotopic (exact) mass is 274 g/mol. The minimum atomic E-state index is -4.10. The number of piperidine rings is 1. The Kier molecular flexibility index (Phi) is 3.99. The lowest BCUT2D eigenvalue weighted by molar-refractivity contribution is -0.179. The van der Waals surface area contributed by atoms with Gasteiger partial charge in [0.2, 0.25) is 0 Å². The van der Waals surface area contributed by atoms with Gasteiger partial charge in [-0.25, -0.2) is 0 Å². The molecule has 0 aromatic carbocycles. The van der Waals surface area contributed by atoms with Crippen LogP contribution in [-0.4, -0.2) is 29.4 Å². The van der Waals surface area contributed by atoms with E-state index in [0.29, 0.717) is 18.7 Å². The number of aliphatic hydroxyl groups is 1. The lowest BCUT2D eigenvalue weighted by atomic mass is 9.95. The van der Waals surface area contributed by atoms with Gasteiger partial charge in [-0.3, -0.25) is 4.98 Å². The highest BCUT2D eigenvalue weighted by atomic mass is 19.4. The van der Waals surface area contributed by atoms with E-state index in [1.54, 1.807) is 6.20 Å². The number of aliphatic hydroxyl groups excluding tert-OH is 1. The van der Waals surface area contributed by atoms with Crippen molar-refractivity contribution in [3.63, 3.8) is 0 Å². The molecule has 19 heavy (non-hydrogen) atoms. The van der Waals surface area contributed by atoms with Crippen LogP contribution in [0.2, 0.25) is 0 Å². The van der Waals surface area contributed by atoms with Crippen molar-refractivity contribution in [3.8, 4) is 0 Å². The van der Waals surface area contributed by atoms with Crippen molar-refractivity contribution < 1.29 is 18.3 Å². The van der Waals surface area contributed by atoms with Gasteiger partial charge in [-0.05, 0) is 25.8 Å². The van der Waals surface area contributed by atoms with Crippen molar-refractivity contribution in [3.05, 3.63) is 23.5 Å². The Morgan fingerprint density at radius 1 is 1.37 bits per heavy atom. The third-order valence-corrected chi connectivity index (χ3v) is 3.57. The maximum absolute atomic E-state index is 12.6. The van der Waals surface area contributed by atoms with Crippen LogP contribution in [0.5, 0.6) is 0 Å². The summed E-state index contributed by atoms with van der Waals surface area (Å²) in [5, 5.41) is 9.27. The zero-order chi connectivity index (χ0) is 14.0. The first kappa shape index (κ1) is 14.1. The summed E-state index contributed by atoms with van der Waals surface area (Å²) >= 11 is 0. The maximum Gasteiger partial charge on any atom is 0.391 e. The van der Waals surface area contributed by atoms with Crippen molar-refractivity contribution >= 4 is 5.69 Å². The smallest absolute Gasteiger partial charge is 0.391 e. The Labute approximate surface area is 110 Å². The number of nitrogens with zero attached hydrogens (tertiary/aromatic N) is 2. The topological polar surface area (TPSA) is 36.4 Å². The standard InChI is InChI=1S/C13H17F3N2O/c1-9-6-12(10(8-19)7-17-9)18-4-2-11(3-5-18)13(14,15)16/h6-7,11,19H,2-5,8H2,1H3. The summed E-state index contributed by atoms with van der Waals surface area (Å²) in [5.74, 6) is -1.20. The Morgan fingerprint density at radius 3 is 2.53 bits per heavy atom. The molecule has 0 spiro atoms. The van der Waals surface area contributed by atoms with E-state index in [-0.39, 0.29) is 19.4 Å². The van der Waals surface area contributed by atoms with Crippen LogP contribution < -0.4 is 4.90 Å². The van der Waals surface area contributed by atoms with Crippen LogP contribution >= 0.6 is 0 Å². The minimum absolute atomic E-state index is 0.107. The van der Waals surface area contributed by atoms with Gasteiger partial charge in [-0.15, -0.1) is 0 Å². The molecule has 0 radical (unpaired) electrons. The summed E-state index contributed by atoms with van der Waals surface area (Å²) in [5.41, 5.74) is 2.26. The number of hydrogen-bond donors (Lipinski definition) is 1. The number of halogens is 3. The molecule has 1 aromatic heterocycles. The molecule has 3 nitrogen and oxygen atoms in total. The Bertz CT molecular complexity index is 440. The van der Waals surface area contributed by atoms with Crippen LogP contribution in [-0.2, 0) is 6.61 Å². The molecule has 1 aliphatic heterocycles. The van der Waals surface area contributed by atoms with Crippen molar-refractivity contribution in [1.29, 1.82) is 0 Å². The van der Waals surface area contributed by atoms with Crippen molar-refractivity contribution in [1.82, 2.24) is 4.98 Å². The van der Waals surface area contributed by atoms with Gasteiger partial charge in [0.05, 0.1) is 12.5 Å². The molecule has 0 aliphatic carbocycles. The van der Waals surface area contributed by atoms with Gasteiger partial charge in [-0.1, -0.05) is 0 Å². The molecule has 6 heteroatoms. The average Bonchev–Trinajstić information content (AvgIpc) is 2.38. The molecule has 1 aliphatic rings.